The van der Waals surface area contributed by atoms with Crippen LogP contribution in [0.3, 0.4) is 0 Å². The van der Waals surface area contributed by atoms with Crippen LogP contribution in [0.4, 0.5) is 0 Å². The SMILES string of the molecule is NC(=O)CC(O[C@H]1OC(C(N)=O)[C@H](O)C(O)C1O)C(N)=O. The van der Waals surface area contributed by atoms with Gasteiger partial charge in [-0.3, -0.25) is 14.4 Å². The van der Waals surface area contributed by atoms with Crippen LogP contribution in [0.25, 0.3) is 0 Å². The summed E-state index contributed by atoms with van der Waals surface area (Å²) in [6.45, 7) is 0. The number of amides is 3. The number of carbonyl (C=O) groups is 3. The smallest absolute Gasteiger partial charge is 0.249 e. The predicted molar refractivity (Wildman–Crippen MR) is 63.8 cm³/mol. The van der Waals surface area contributed by atoms with E-state index >= 15 is 0 Å². The van der Waals surface area contributed by atoms with E-state index in [-0.39, 0.29) is 0 Å². The number of primary amides is 3. The van der Waals surface area contributed by atoms with Crippen molar-refractivity contribution >= 4 is 17.7 Å². The molecular formula is C10H17N3O8. The Kier molecular flexibility index (Phi) is 5.57. The van der Waals surface area contributed by atoms with Gasteiger partial charge in [0.25, 0.3) is 0 Å². The number of rotatable bonds is 6. The summed E-state index contributed by atoms with van der Waals surface area (Å²) in [6.07, 6.45) is -10.9. The molecule has 3 amide bonds. The maximum Gasteiger partial charge on any atom is 0.249 e. The molecule has 1 aliphatic rings. The van der Waals surface area contributed by atoms with E-state index in [1.165, 1.54) is 0 Å². The Labute approximate surface area is 118 Å². The van der Waals surface area contributed by atoms with E-state index < -0.39 is 61.0 Å². The number of aliphatic hydroxyl groups is 3. The molecule has 21 heavy (non-hydrogen) atoms. The van der Waals surface area contributed by atoms with E-state index in [0.717, 1.165) is 0 Å². The average molecular weight is 307 g/mol. The molecule has 0 aromatic carbocycles. The van der Waals surface area contributed by atoms with E-state index in [2.05, 4.69) is 0 Å². The van der Waals surface area contributed by atoms with Gasteiger partial charge in [-0.15, -0.1) is 0 Å². The molecule has 0 aliphatic carbocycles. The normalized spacial score (nSPS) is 34.1. The molecule has 120 valence electrons. The van der Waals surface area contributed by atoms with Gasteiger partial charge >= 0.3 is 0 Å². The lowest BCUT2D eigenvalue weighted by Gasteiger charge is -2.39. The van der Waals surface area contributed by atoms with Crippen LogP contribution in [0.2, 0.25) is 0 Å². The van der Waals surface area contributed by atoms with Crippen molar-refractivity contribution in [2.45, 2.75) is 43.2 Å². The lowest BCUT2D eigenvalue weighted by Crippen LogP contribution is -2.62. The van der Waals surface area contributed by atoms with E-state index in [0.29, 0.717) is 0 Å². The second-order valence-electron chi connectivity index (χ2n) is 4.50. The third kappa shape index (κ3) is 4.09. The predicted octanol–water partition coefficient (Wildman–Crippen LogP) is -4.97. The van der Waals surface area contributed by atoms with Crippen LogP contribution in [0, 0.1) is 0 Å². The van der Waals surface area contributed by atoms with Crippen LogP contribution >= 0.6 is 0 Å². The molecule has 1 heterocycles. The summed E-state index contributed by atoms with van der Waals surface area (Å²) >= 11 is 0. The Morgan fingerprint density at radius 2 is 1.62 bits per heavy atom. The molecule has 4 unspecified atom stereocenters. The quantitative estimate of drug-likeness (QED) is 0.279. The van der Waals surface area contributed by atoms with Gasteiger partial charge in [0.2, 0.25) is 17.7 Å². The monoisotopic (exact) mass is 307 g/mol. The second kappa shape index (κ2) is 6.78. The molecule has 1 saturated heterocycles. The second-order valence-corrected chi connectivity index (χ2v) is 4.50. The van der Waals surface area contributed by atoms with Crippen molar-refractivity contribution in [1.29, 1.82) is 0 Å². The summed E-state index contributed by atoms with van der Waals surface area (Å²) in [5.41, 5.74) is 14.9. The molecule has 11 heteroatoms. The maximum atomic E-state index is 11.1. The van der Waals surface area contributed by atoms with Crippen LogP contribution in [-0.2, 0) is 23.9 Å². The van der Waals surface area contributed by atoms with Crippen LogP contribution < -0.4 is 17.2 Å². The summed E-state index contributed by atoms with van der Waals surface area (Å²) < 4.78 is 9.84. The summed E-state index contributed by atoms with van der Waals surface area (Å²) in [6, 6.07) is 0. The van der Waals surface area contributed by atoms with Crippen molar-refractivity contribution in [2.24, 2.45) is 17.2 Å². The first-order chi connectivity index (χ1) is 9.65. The first-order valence-electron chi connectivity index (χ1n) is 5.87. The van der Waals surface area contributed by atoms with Crippen molar-refractivity contribution in [3.05, 3.63) is 0 Å². The van der Waals surface area contributed by atoms with Crippen LogP contribution in [-0.4, -0.2) is 69.9 Å². The molecule has 0 spiro atoms. The number of carbonyl (C=O) groups excluding carboxylic acids is 3. The van der Waals surface area contributed by atoms with E-state index in [9.17, 15) is 29.7 Å². The average Bonchev–Trinajstić information content (AvgIpc) is 2.37. The molecular weight excluding hydrogens is 290 g/mol. The van der Waals surface area contributed by atoms with Gasteiger partial charge in [-0.2, -0.15) is 0 Å². The minimum Gasteiger partial charge on any atom is -0.387 e. The minimum absolute atomic E-state index is 0.595. The highest BCUT2D eigenvalue weighted by Crippen LogP contribution is 2.23. The zero-order valence-electron chi connectivity index (χ0n) is 10.8. The zero-order chi connectivity index (χ0) is 16.3. The molecule has 0 radical (unpaired) electrons. The molecule has 1 aliphatic heterocycles. The Balaban J connectivity index is 2.86. The Hall–Kier alpha value is -1.79. The Morgan fingerprint density at radius 3 is 2.05 bits per heavy atom. The van der Waals surface area contributed by atoms with Crippen molar-refractivity contribution in [2.75, 3.05) is 0 Å². The topological polar surface area (TPSA) is 208 Å². The summed E-state index contributed by atoms with van der Waals surface area (Å²) in [7, 11) is 0. The highest BCUT2D eigenvalue weighted by atomic mass is 16.7. The Morgan fingerprint density at radius 1 is 1.05 bits per heavy atom. The van der Waals surface area contributed by atoms with Gasteiger partial charge in [0.1, 0.15) is 24.4 Å². The third-order valence-corrected chi connectivity index (χ3v) is 2.85. The van der Waals surface area contributed by atoms with Crippen LogP contribution in [0.5, 0.6) is 0 Å². The third-order valence-electron chi connectivity index (χ3n) is 2.85. The minimum atomic E-state index is -1.82. The van der Waals surface area contributed by atoms with Gasteiger partial charge in [-0.25, -0.2) is 0 Å². The molecule has 11 nitrogen and oxygen atoms in total. The maximum absolute atomic E-state index is 11.1. The van der Waals surface area contributed by atoms with Crippen molar-refractivity contribution in [3.8, 4) is 0 Å². The van der Waals surface area contributed by atoms with Gasteiger partial charge < -0.3 is 42.0 Å². The lowest BCUT2D eigenvalue weighted by atomic mass is 9.98. The summed E-state index contributed by atoms with van der Waals surface area (Å²) in [4.78, 5) is 33.0. The van der Waals surface area contributed by atoms with Gasteiger partial charge in [0.15, 0.2) is 12.4 Å². The fourth-order valence-corrected chi connectivity index (χ4v) is 1.76. The van der Waals surface area contributed by atoms with Crippen molar-refractivity contribution < 1.29 is 39.2 Å². The standard InChI is InChI=1S/C10H17N3O8/c11-3(14)1-2(8(12)18)20-10-6(17)4(15)5(16)7(21-10)9(13)19/h2,4-7,10,15-17H,1H2,(H2,11,14)(H2,12,18)(H2,13,19)/t2?,4?,5-,6?,7?,10+/m1/s1. The highest BCUT2D eigenvalue weighted by Gasteiger charge is 2.47. The number of nitrogens with two attached hydrogens (primary N) is 3. The molecule has 1 rings (SSSR count). The molecule has 0 aromatic rings. The summed E-state index contributed by atoms with van der Waals surface area (Å²) in [5, 5.41) is 28.8. The first-order valence-corrected chi connectivity index (χ1v) is 5.87. The molecule has 0 saturated carbocycles. The molecule has 0 bridgehead atoms. The van der Waals surface area contributed by atoms with E-state index in [1.54, 1.807) is 0 Å². The summed E-state index contributed by atoms with van der Waals surface area (Å²) in [5.74, 6) is -3.09. The number of ether oxygens (including phenoxy) is 2. The van der Waals surface area contributed by atoms with Crippen LogP contribution in [0.15, 0.2) is 0 Å². The molecule has 0 aromatic heterocycles. The zero-order valence-corrected chi connectivity index (χ0v) is 10.8. The largest absolute Gasteiger partial charge is 0.387 e. The van der Waals surface area contributed by atoms with Gasteiger partial charge in [0.05, 0.1) is 6.42 Å². The van der Waals surface area contributed by atoms with Crippen molar-refractivity contribution in [1.82, 2.24) is 0 Å². The van der Waals surface area contributed by atoms with Crippen LogP contribution in [0.1, 0.15) is 6.42 Å². The molecule has 6 atom stereocenters. The van der Waals surface area contributed by atoms with Crippen molar-refractivity contribution in [3.63, 3.8) is 0 Å². The van der Waals surface area contributed by atoms with Gasteiger partial charge in [0, 0.05) is 0 Å². The van der Waals surface area contributed by atoms with Gasteiger partial charge in [-0.1, -0.05) is 0 Å². The van der Waals surface area contributed by atoms with E-state index in [4.69, 9.17) is 26.7 Å². The highest BCUT2D eigenvalue weighted by molar-refractivity contribution is 5.85. The van der Waals surface area contributed by atoms with Gasteiger partial charge in [-0.05, 0) is 0 Å². The molecule has 9 N–H and O–H groups in total. The number of hydrogen-bond donors (Lipinski definition) is 6. The molecule has 1 fully saturated rings. The fourth-order valence-electron chi connectivity index (χ4n) is 1.76. The lowest BCUT2D eigenvalue weighted by molar-refractivity contribution is -0.297. The Bertz CT molecular complexity index is 431. The first kappa shape index (κ1) is 17.3. The number of aliphatic hydroxyl groups excluding tert-OH is 3. The number of hydrogen-bond acceptors (Lipinski definition) is 8. The fraction of sp³-hybridized carbons (Fsp3) is 0.700. The van der Waals surface area contributed by atoms with E-state index in [1.807, 2.05) is 0 Å².